The number of ether oxygens (including phenoxy) is 1. The zero-order valence-corrected chi connectivity index (χ0v) is 10.5. The van der Waals surface area contributed by atoms with Crippen molar-refractivity contribution in [3.05, 3.63) is 23.0 Å². The van der Waals surface area contributed by atoms with Crippen molar-refractivity contribution in [3.63, 3.8) is 0 Å². The molecule has 0 radical (unpaired) electrons. The van der Waals surface area contributed by atoms with Gasteiger partial charge in [0.15, 0.2) is 0 Å². The Balaban J connectivity index is 3.04. The molecule has 1 aromatic heterocycles. The summed E-state index contributed by atoms with van der Waals surface area (Å²) >= 11 is 5.55. The lowest BCUT2D eigenvalue weighted by Gasteiger charge is -2.11. The number of nitrogens with zero attached hydrogens (tertiary/aromatic N) is 1. The van der Waals surface area contributed by atoms with Crippen molar-refractivity contribution in [1.82, 2.24) is 4.98 Å². The van der Waals surface area contributed by atoms with Crippen LogP contribution in [0.5, 0.6) is 0 Å². The first-order valence-corrected chi connectivity index (χ1v) is 5.80. The number of alkyl halides is 3. The molecule has 18 heavy (non-hydrogen) atoms. The lowest BCUT2D eigenvalue weighted by atomic mass is 10.1. The number of nitrogens with two attached hydrogens (primary N) is 1. The van der Waals surface area contributed by atoms with Crippen LogP contribution >= 0.6 is 11.6 Å². The molecular formula is C11H13ClF2N2O2. The molecule has 0 aliphatic heterocycles. The Labute approximate surface area is 108 Å². The molecule has 0 aliphatic rings. The molecule has 100 valence electrons. The van der Waals surface area contributed by atoms with E-state index in [0.29, 0.717) is 0 Å². The number of hydrogen-bond donors (Lipinski definition) is 1. The number of aromatic nitrogens is 1. The Bertz CT molecular complexity index is 441. The van der Waals surface area contributed by atoms with Gasteiger partial charge in [0.25, 0.3) is 6.43 Å². The van der Waals surface area contributed by atoms with Gasteiger partial charge in [-0.15, -0.1) is 11.6 Å². The number of anilines is 1. The van der Waals surface area contributed by atoms with Gasteiger partial charge < -0.3 is 10.5 Å². The highest BCUT2D eigenvalue weighted by molar-refractivity contribution is 6.17. The first kappa shape index (κ1) is 14.6. The highest BCUT2D eigenvalue weighted by Gasteiger charge is 2.18. The van der Waals surface area contributed by atoms with Gasteiger partial charge in [0.2, 0.25) is 0 Å². The minimum atomic E-state index is -2.70. The van der Waals surface area contributed by atoms with E-state index >= 15 is 0 Å². The van der Waals surface area contributed by atoms with Gasteiger partial charge in [-0.2, -0.15) is 0 Å². The average molecular weight is 279 g/mol. The number of carbonyl (C=O) groups excluding carboxylic acids is 1. The lowest BCUT2D eigenvalue weighted by molar-refractivity contribution is -0.142. The fourth-order valence-corrected chi connectivity index (χ4v) is 1.63. The van der Waals surface area contributed by atoms with Gasteiger partial charge in [-0.25, -0.2) is 8.78 Å². The molecule has 0 spiro atoms. The Hall–Kier alpha value is -1.43. The number of carbonyl (C=O) groups is 1. The van der Waals surface area contributed by atoms with Crippen molar-refractivity contribution in [1.29, 1.82) is 0 Å². The summed E-state index contributed by atoms with van der Waals surface area (Å²) in [5.74, 6) is -0.683. The van der Waals surface area contributed by atoms with Gasteiger partial charge in [0.05, 0.1) is 36.0 Å². The molecule has 0 atom stereocenters. The Kier molecular flexibility index (Phi) is 5.27. The third-order valence-corrected chi connectivity index (χ3v) is 2.48. The molecule has 7 heteroatoms. The van der Waals surface area contributed by atoms with Gasteiger partial charge in [-0.1, -0.05) is 0 Å². The first-order chi connectivity index (χ1) is 8.49. The second-order valence-electron chi connectivity index (χ2n) is 3.48. The van der Waals surface area contributed by atoms with E-state index in [1.165, 1.54) is 0 Å². The molecule has 1 rings (SSSR count). The number of pyridine rings is 1. The standard InChI is InChI=1S/C11H13ClF2N2O2/c1-2-18-10(17)4-8-7(15)3-6(11(13)14)9(5-12)16-8/h3,11H,2,4-5,15H2,1H3. The normalized spacial score (nSPS) is 10.7. The molecule has 0 saturated carbocycles. The van der Waals surface area contributed by atoms with Crippen LogP contribution in [0.4, 0.5) is 14.5 Å². The largest absolute Gasteiger partial charge is 0.466 e. The van der Waals surface area contributed by atoms with Crippen LogP contribution in [0.2, 0.25) is 0 Å². The third kappa shape index (κ3) is 3.53. The molecule has 0 saturated heterocycles. The molecule has 1 heterocycles. The van der Waals surface area contributed by atoms with Gasteiger partial charge in [-0.05, 0) is 13.0 Å². The summed E-state index contributed by atoms with van der Waals surface area (Å²) in [6.45, 7) is 1.90. The van der Waals surface area contributed by atoms with Crippen LogP contribution in [-0.4, -0.2) is 17.6 Å². The topological polar surface area (TPSA) is 65.2 Å². The quantitative estimate of drug-likeness (QED) is 0.664. The zero-order valence-electron chi connectivity index (χ0n) is 9.75. The molecule has 0 unspecified atom stereocenters. The summed E-state index contributed by atoms with van der Waals surface area (Å²) in [7, 11) is 0. The summed E-state index contributed by atoms with van der Waals surface area (Å²) in [6, 6.07) is 1.10. The van der Waals surface area contributed by atoms with E-state index in [1.807, 2.05) is 0 Å². The fraction of sp³-hybridized carbons (Fsp3) is 0.455. The van der Waals surface area contributed by atoms with Crippen LogP contribution in [0.1, 0.15) is 30.3 Å². The summed E-state index contributed by atoms with van der Waals surface area (Å²) < 4.78 is 30.1. The molecule has 1 aromatic rings. The van der Waals surface area contributed by atoms with Gasteiger partial charge >= 0.3 is 5.97 Å². The number of hydrogen-bond acceptors (Lipinski definition) is 4. The SMILES string of the molecule is CCOC(=O)Cc1nc(CCl)c(C(F)F)cc1N. The summed E-state index contributed by atoms with van der Waals surface area (Å²) in [6.07, 6.45) is -2.86. The average Bonchev–Trinajstić information content (AvgIpc) is 2.31. The summed E-state index contributed by atoms with van der Waals surface area (Å²) in [5, 5.41) is 0. The predicted octanol–water partition coefficient (Wildman–Crippen LogP) is 2.45. The highest BCUT2D eigenvalue weighted by atomic mass is 35.5. The van der Waals surface area contributed by atoms with Gasteiger partial charge in [0.1, 0.15) is 0 Å². The van der Waals surface area contributed by atoms with Crippen molar-refractivity contribution in [2.75, 3.05) is 12.3 Å². The maximum Gasteiger partial charge on any atom is 0.311 e. The maximum atomic E-state index is 12.7. The predicted molar refractivity (Wildman–Crippen MR) is 63.5 cm³/mol. The first-order valence-electron chi connectivity index (χ1n) is 5.27. The van der Waals surface area contributed by atoms with Crippen LogP contribution in [0.3, 0.4) is 0 Å². The molecule has 2 N–H and O–H groups in total. The van der Waals surface area contributed by atoms with Crippen LogP contribution in [-0.2, 0) is 21.8 Å². The van der Waals surface area contributed by atoms with E-state index in [1.54, 1.807) is 6.92 Å². The van der Waals surface area contributed by atoms with E-state index in [2.05, 4.69) is 4.98 Å². The van der Waals surface area contributed by atoms with Crippen LogP contribution in [0.15, 0.2) is 6.07 Å². The number of halogens is 3. The molecular weight excluding hydrogens is 266 g/mol. The summed E-state index contributed by atoms with van der Waals surface area (Å²) in [4.78, 5) is 15.2. The second kappa shape index (κ2) is 6.49. The molecule has 0 aromatic carbocycles. The number of rotatable bonds is 5. The summed E-state index contributed by atoms with van der Waals surface area (Å²) in [5.41, 5.74) is 5.54. The van der Waals surface area contributed by atoms with E-state index < -0.39 is 12.4 Å². The minimum Gasteiger partial charge on any atom is -0.466 e. The number of nitrogen functional groups attached to an aromatic ring is 1. The van der Waals surface area contributed by atoms with Crippen molar-refractivity contribution in [2.24, 2.45) is 0 Å². The van der Waals surface area contributed by atoms with Crippen molar-refractivity contribution in [2.45, 2.75) is 25.7 Å². The lowest BCUT2D eigenvalue weighted by Crippen LogP contribution is -2.12. The minimum absolute atomic E-state index is 0.0279. The number of esters is 1. The van der Waals surface area contributed by atoms with Crippen molar-refractivity contribution < 1.29 is 18.3 Å². The molecule has 0 aliphatic carbocycles. The van der Waals surface area contributed by atoms with Gasteiger partial charge in [-0.3, -0.25) is 9.78 Å². The van der Waals surface area contributed by atoms with E-state index in [0.717, 1.165) is 6.07 Å². The van der Waals surface area contributed by atoms with Crippen molar-refractivity contribution >= 4 is 23.3 Å². The monoisotopic (exact) mass is 278 g/mol. The zero-order chi connectivity index (χ0) is 13.7. The molecule has 0 amide bonds. The Morgan fingerprint density at radius 1 is 1.56 bits per heavy atom. The Morgan fingerprint density at radius 3 is 2.72 bits per heavy atom. The van der Waals surface area contributed by atoms with Crippen LogP contribution < -0.4 is 5.73 Å². The third-order valence-electron chi connectivity index (χ3n) is 2.23. The van der Waals surface area contributed by atoms with Crippen LogP contribution in [0, 0.1) is 0 Å². The van der Waals surface area contributed by atoms with Crippen LogP contribution in [0.25, 0.3) is 0 Å². The Morgan fingerprint density at radius 2 is 2.22 bits per heavy atom. The molecule has 0 fully saturated rings. The molecule has 0 bridgehead atoms. The molecule has 4 nitrogen and oxygen atoms in total. The van der Waals surface area contributed by atoms with Crippen molar-refractivity contribution in [3.8, 4) is 0 Å². The van der Waals surface area contributed by atoms with E-state index in [4.69, 9.17) is 22.1 Å². The van der Waals surface area contributed by atoms with E-state index in [-0.39, 0.29) is 41.5 Å². The maximum absolute atomic E-state index is 12.7. The van der Waals surface area contributed by atoms with Gasteiger partial charge in [0, 0.05) is 5.56 Å². The fourth-order valence-electron chi connectivity index (χ4n) is 1.41. The smallest absolute Gasteiger partial charge is 0.311 e. The second-order valence-corrected chi connectivity index (χ2v) is 3.74. The highest BCUT2D eigenvalue weighted by Crippen LogP contribution is 2.26. The van der Waals surface area contributed by atoms with E-state index in [9.17, 15) is 13.6 Å².